The summed E-state index contributed by atoms with van der Waals surface area (Å²) in [6, 6.07) is 21.4. The van der Waals surface area contributed by atoms with E-state index in [1.165, 1.54) is 11.8 Å². The van der Waals surface area contributed by atoms with Crippen molar-refractivity contribution in [2.24, 2.45) is 0 Å². The summed E-state index contributed by atoms with van der Waals surface area (Å²) in [6.07, 6.45) is 1.82. The van der Waals surface area contributed by atoms with Crippen molar-refractivity contribution in [3.05, 3.63) is 90.7 Å². The number of aromatic nitrogens is 2. The zero-order chi connectivity index (χ0) is 21.8. The molecular weight excluding hydrogens is 562 g/mol. The van der Waals surface area contributed by atoms with Gasteiger partial charge in [0.05, 0.1) is 24.9 Å². The third-order valence-electron chi connectivity index (χ3n) is 4.30. The summed E-state index contributed by atoms with van der Waals surface area (Å²) in [5.41, 5.74) is 3.68. The van der Waals surface area contributed by atoms with Crippen LogP contribution >= 0.6 is 55.2 Å². The van der Waals surface area contributed by atoms with Gasteiger partial charge < -0.3 is 9.72 Å². The van der Waals surface area contributed by atoms with E-state index < -0.39 is 0 Å². The number of benzene rings is 3. The van der Waals surface area contributed by atoms with Crippen LogP contribution in [-0.4, -0.2) is 9.97 Å². The molecule has 0 radical (unpaired) electrons. The highest BCUT2D eigenvalue weighted by atomic mass is 79.9. The van der Waals surface area contributed by atoms with Crippen LogP contribution in [0.5, 0.6) is 5.75 Å². The van der Waals surface area contributed by atoms with Crippen LogP contribution in [-0.2, 0) is 6.61 Å². The summed E-state index contributed by atoms with van der Waals surface area (Å²) in [5.74, 6) is 0.690. The molecule has 0 amide bonds. The van der Waals surface area contributed by atoms with Gasteiger partial charge in [0.25, 0.3) is 0 Å². The molecule has 0 bridgehead atoms. The molecule has 0 aliphatic heterocycles. The Morgan fingerprint density at radius 3 is 2.52 bits per heavy atom. The van der Waals surface area contributed by atoms with Crippen molar-refractivity contribution in [2.75, 3.05) is 0 Å². The van der Waals surface area contributed by atoms with E-state index in [9.17, 15) is 5.26 Å². The first-order chi connectivity index (χ1) is 15.0. The molecule has 1 aromatic heterocycles. The number of imidazole rings is 1. The Labute approximate surface area is 205 Å². The van der Waals surface area contributed by atoms with Crippen LogP contribution in [0, 0.1) is 11.3 Å². The SMILES string of the molecule is N#C/C(=C\c1cc(Br)c(OCc2ccc(Cl)cc2)c(Br)c1)Sc1nc2ccccc2[nH]1. The van der Waals surface area contributed by atoms with Gasteiger partial charge in [-0.1, -0.05) is 35.9 Å². The highest BCUT2D eigenvalue weighted by molar-refractivity contribution is 9.11. The van der Waals surface area contributed by atoms with Crippen LogP contribution in [0.1, 0.15) is 11.1 Å². The van der Waals surface area contributed by atoms with E-state index in [1.807, 2.05) is 66.7 Å². The number of aromatic amines is 1. The van der Waals surface area contributed by atoms with Gasteiger partial charge in [-0.25, -0.2) is 4.98 Å². The van der Waals surface area contributed by atoms with Crippen molar-refractivity contribution in [1.82, 2.24) is 9.97 Å². The first-order valence-electron chi connectivity index (χ1n) is 9.12. The lowest BCUT2D eigenvalue weighted by Crippen LogP contribution is -1.97. The first kappa shape index (κ1) is 22.0. The summed E-state index contributed by atoms with van der Waals surface area (Å²) in [4.78, 5) is 8.27. The lowest BCUT2D eigenvalue weighted by atomic mass is 10.2. The molecule has 3 aromatic carbocycles. The van der Waals surface area contributed by atoms with Gasteiger partial charge in [0, 0.05) is 5.02 Å². The second-order valence-corrected chi connectivity index (χ2v) is 9.69. The molecule has 0 saturated heterocycles. The van der Waals surface area contributed by atoms with Crippen molar-refractivity contribution >= 4 is 72.3 Å². The van der Waals surface area contributed by atoms with Crippen molar-refractivity contribution in [1.29, 1.82) is 5.26 Å². The minimum Gasteiger partial charge on any atom is -0.487 e. The highest BCUT2D eigenvalue weighted by Crippen LogP contribution is 2.37. The minimum atomic E-state index is 0.412. The Morgan fingerprint density at radius 1 is 1.13 bits per heavy atom. The third-order valence-corrected chi connectivity index (χ3v) is 6.55. The summed E-state index contributed by atoms with van der Waals surface area (Å²) in [5, 5.41) is 11.0. The van der Waals surface area contributed by atoms with Crippen molar-refractivity contribution in [3.8, 4) is 11.8 Å². The predicted molar refractivity (Wildman–Crippen MR) is 133 cm³/mol. The first-order valence-corrected chi connectivity index (χ1v) is 11.9. The van der Waals surface area contributed by atoms with E-state index in [4.69, 9.17) is 16.3 Å². The molecule has 0 aliphatic rings. The summed E-state index contributed by atoms with van der Waals surface area (Å²) >= 11 is 14.4. The van der Waals surface area contributed by atoms with Crippen LogP contribution in [0.4, 0.5) is 0 Å². The summed E-state index contributed by atoms with van der Waals surface area (Å²) < 4.78 is 7.54. The monoisotopic (exact) mass is 573 g/mol. The molecule has 4 rings (SSSR count). The number of nitrogens with one attached hydrogen (secondary N) is 1. The number of nitriles is 1. The van der Waals surface area contributed by atoms with Gasteiger partial charge >= 0.3 is 0 Å². The molecule has 1 heterocycles. The van der Waals surface area contributed by atoms with Crippen LogP contribution in [0.25, 0.3) is 17.1 Å². The van der Waals surface area contributed by atoms with Crippen molar-refractivity contribution in [2.45, 2.75) is 11.8 Å². The number of allylic oxidation sites excluding steroid dienone is 1. The molecule has 4 nitrogen and oxygen atoms in total. The maximum absolute atomic E-state index is 9.61. The number of para-hydroxylation sites is 2. The molecule has 31 heavy (non-hydrogen) atoms. The molecule has 1 N–H and O–H groups in total. The maximum atomic E-state index is 9.61. The molecule has 0 aliphatic carbocycles. The van der Waals surface area contributed by atoms with Gasteiger partial charge in [-0.05, 0) is 97.2 Å². The molecule has 0 saturated carbocycles. The fourth-order valence-electron chi connectivity index (χ4n) is 2.85. The zero-order valence-corrected chi connectivity index (χ0v) is 20.6. The van der Waals surface area contributed by atoms with Crippen LogP contribution in [0.15, 0.2) is 79.7 Å². The van der Waals surface area contributed by atoms with E-state index in [0.29, 0.717) is 27.4 Å². The standard InChI is InChI=1S/C23H14Br2ClN3OS/c24-18-10-15(11-19(25)22(18)30-13-14-5-7-16(26)8-6-14)9-17(12-27)31-23-28-20-3-1-2-4-21(20)29-23/h1-11H,13H2,(H,28,29)/b17-9+. The number of H-pyrrole nitrogens is 1. The largest absolute Gasteiger partial charge is 0.487 e. The van der Waals surface area contributed by atoms with Crippen LogP contribution in [0.3, 0.4) is 0 Å². The number of hydrogen-bond acceptors (Lipinski definition) is 4. The molecule has 0 unspecified atom stereocenters. The molecule has 8 heteroatoms. The van der Waals surface area contributed by atoms with Crippen molar-refractivity contribution in [3.63, 3.8) is 0 Å². The fourth-order valence-corrected chi connectivity index (χ4v) is 5.19. The minimum absolute atomic E-state index is 0.412. The number of nitrogens with zero attached hydrogens (tertiary/aromatic N) is 2. The summed E-state index contributed by atoms with van der Waals surface area (Å²) in [6.45, 7) is 0.412. The maximum Gasteiger partial charge on any atom is 0.171 e. The zero-order valence-electron chi connectivity index (χ0n) is 15.9. The normalized spacial score (nSPS) is 11.5. The Balaban J connectivity index is 1.52. The van der Waals surface area contributed by atoms with Crippen LogP contribution < -0.4 is 4.74 Å². The fraction of sp³-hybridized carbons (Fsp3) is 0.0435. The average molecular weight is 576 g/mol. The Bertz CT molecular complexity index is 1260. The van der Waals surface area contributed by atoms with E-state index >= 15 is 0 Å². The van der Waals surface area contributed by atoms with Gasteiger partial charge in [-0.3, -0.25) is 0 Å². The molecule has 4 aromatic rings. The second kappa shape index (κ2) is 9.92. The molecule has 0 spiro atoms. The van der Waals surface area contributed by atoms with Gasteiger partial charge in [0.2, 0.25) is 0 Å². The number of rotatable bonds is 6. The van der Waals surface area contributed by atoms with Gasteiger partial charge in [-0.15, -0.1) is 0 Å². The Hall–Kier alpha value is -2.24. The van der Waals surface area contributed by atoms with Crippen molar-refractivity contribution < 1.29 is 4.74 Å². The number of ether oxygens (including phenoxy) is 1. The van der Waals surface area contributed by atoms with E-state index in [-0.39, 0.29) is 0 Å². The lowest BCUT2D eigenvalue weighted by molar-refractivity contribution is 0.302. The molecule has 154 valence electrons. The number of halogens is 3. The Kier molecular flexibility index (Phi) is 7.03. The van der Waals surface area contributed by atoms with Gasteiger partial charge in [-0.2, -0.15) is 5.26 Å². The molecule has 0 fully saturated rings. The van der Waals surface area contributed by atoms with E-state index in [2.05, 4.69) is 47.9 Å². The van der Waals surface area contributed by atoms with E-state index in [1.54, 1.807) is 0 Å². The van der Waals surface area contributed by atoms with Gasteiger partial charge in [0.15, 0.2) is 5.16 Å². The highest BCUT2D eigenvalue weighted by Gasteiger charge is 2.11. The van der Waals surface area contributed by atoms with Gasteiger partial charge in [0.1, 0.15) is 18.4 Å². The quantitative estimate of drug-likeness (QED) is 0.187. The second-order valence-electron chi connectivity index (χ2n) is 6.51. The molecular formula is C23H14Br2ClN3OS. The number of fused-ring (bicyclic) bond motifs is 1. The smallest absolute Gasteiger partial charge is 0.171 e. The topological polar surface area (TPSA) is 61.7 Å². The number of thioether (sulfide) groups is 1. The van der Waals surface area contributed by atoms with E-state index in [0.717, 1.165) is 31.1 Å². The lowest BCUT2D eigenvalue weighted by Gasteiger charge is -2.12. The van der Waals surface area contributed by atoms with Crippen LogP contribution in [0.2, 0.25) is 5.02 Å². The Morgan fingerprint density at radius 2 is 1.84 bits per heavy atom. The molecule has 0 atom stereocenters. The summed E-state index contributed by atoms with van der Waals surface area (Å²) in [7, 11) is 0. The predicted octanol–water partition coefficient (Wildman–Crippen LogP) is 7.98. The average Bonchev–Trinajstić information content (AvgIpc) is 3.16. The number of hydrogen-bond donors (Lipinski definition) is 1. The third kappa shape index (κ3) is 5.52.